The Balaban J connectivity index is 1.89. The van der Waals surface area contributed by atoms with E-state index in [9.17, 15) is 14.4 Å². The van der Waals surface area contributed by atoms with Crippen LogP contribution < -0.4 is 15.0 Å². The number of amides is 4. The number of nitrogens with zero attached hydrogens (tertiary/aromatic N) is 2. The number of fused-ring (bicyclic) bond motifs is 3. The van der Waals surface area contributed by atoms with Crippen molar-refractivity contribution in [3.63, 3.8) is 0 Å². The van der Waals surface area contributed by atoms with Gasteiger partial charge in [-0.3, -0.25) is 4.79 Å². The van der Waals surface area contributed by atoms with E-state index in [1.165, 1.54) is 11.6 Å². The number of anilines is 1. The molecule has 7 nitrogen and oxygen atoms in total. The minimum Gasteiger partial charge on any atom is -0.469 e. The van der Waals surface area contributed by atoms with Crippen LogP contribution in [0.5, 0.6) is 5.75 Å². The van der Waals surface area contributed by atoms with Crippen molar-refractivity contribution in [2.45, 2.75) is 6.10 Å². The zero-order valence-electron chi connectivity index (χ0n) is 14.0. The molecule has 130 valence electrons. The van der Waals surface area contributed by atoms with Crippen LogP contribution in [0.15, 0.2) is 54.6 Å². The first-order valence-corrected chi connectivity index (χ1v) is 8.16. The van der Waals surface area contributed by atoms with Crippen molar-refractivity contribution in [2.75, 3.05) is 18.5 Å². The number of hydrogen-bond donors (Lipinski definition) is 1. The Morgan fingerprint density at radius 2 is 1.81 bits per heavy atom. The van der Waals surface area contributed by atoms with Crippen molar-refractivity contribution >= 4 is 29.2 Å². The molecule has 1 N–H and O–H groups in total. The highest BCUT2D eigenvalue weighted by Crippen LogP contribution is 2.33. The number of carbonyl (C=O) groups is 3. The number of para-hydroxylation sites is 2. The summed E-state index contributed by atoms with van der Waals surface area (Å²) < 4.78 is 7.12. The highest BCUT2D eigenvalue weighted by atomic mass is 16.5. The van der Waals surface area contributed by atoms with E-state index in [4.69, 9.17) is 4.74 Å². The van der Waals surface area contributed by atoms with Crippen molar-refractivity contribution in [3.8, 4) is 5.75 Å². The van der Waals surface area contributed by atoms with E-state index < -0.39 is 18.0 Å². The molecular weight excluding hydrogens is 334 g/mol. The number of likely N-dealkylation sites (N-methyl/N-ethyl adjacent to an activating group) is 1. The van der Waals surface area contributed by atoms with Crippen LogP contribution in [0, 0.1) is 0 Å². The minimum absolute atomic E-state index is 0.199. The van der Waals surface area contributed by atoms with Crippen LogP contribution in [0.25, 0.3) is 0 Å². The van der Waals surface area contributed by atoms with Gasteiger partial charge in [0.1, 0.15) is 11.4 Å². The van der Waals surface area contributed by atoms with Crippen LogP contribution >= 0.6 is 0 Å². The van der Waals surface area contributed by atoms with Crippen molar-refractivity contribution in [3.05, 3.63) is 60.2 Å². The molecule has 0 bridgehead atoms. The molecule has 26 heavy (non-hydrogen) atoms. The first-order valence-electron chi connectivity index (χ1n) is 8.16. The highest BCUT2D eigenvalue weighted by Gasteiger charge is 2.54. The van der Waals surface area contributed by atoms with E-state index >= 15 is 0 Å². The second kappa shape index (κ2) is 6.11. The second-order valence-corrected chi connectivity index (χ2v) is 5.93. The Bertz CT molecular complexity index is 952. The van der Waals surface area contributed by atoms with Gasteiger partial charge in [-0.25, -0.2) is 4.79 Å². The largest absolute Gasteiger partial charge is 0.506 e. The summed E-state index contributed by atoms with van der Waals surface area (Å²) in [4.78, 5) is 39.2. The maximum Gasteiger partial charge on any atom is 0.506 e. The molecule has 0 spiro atoms. The Morgan fingerprint density at radius 1 is 1.12 bits per heavy atom. The maximum atomic E-state index is 13.1. The zero-order chi connectivity index (χ0) is 18.3. The molecule has 0 radical (unpaired) electrons. The summed E-state index contributed by atoms with van der Waals surface area (Å²) in [6, 6.07) is 15.1. The summed E-state index contributed by atoms with van der Waals surface area (Å²) in [6.07, 6.45) is -0.963. The van der Waals surface area contributed by atoms with Gasteiger partial charge in [-0.1, -0.05) is 30.3 Å². The molecular formula is C19H16N3O4+. The van der Waals surface area contributed by atoms with Crippen LogP contribution in [-0.4, -0.2) is 47.8 Å². The third kappa shape index (κ3) is 2.36. The summed E-state index contributed by atoms with van der Waals surface area (Å²) in [7, 11) is 1.50. The maximum absolute atomic E-state index is 13.1. The smallest absolute Gasteiger partial charge is 0.469 e. The molecule has 7 heteroatoms. The lowest BCUT2D eigenvalue weighted by atomic mass is 10.0. The van der Waals surface area contributed by atoms with Crippen molar-refractivity contribution in [2.24, 2.45) is 0 Å². The van der Waals surface area contributed by atoms with Gasteiger partial charge < -0.3 is 10.1 Å². The van der Waals surface area contributed by atoms with Gasteiger partial charge in [0.2, 0.25) is 0 Å². The van der Waals surface area contributed by atoms with Gasteiger partial charge in [-0.2, -0.15) is 9.37 Å². The van der Waals surface area contributed by atoms with E-state index in [2.05, 4.69) is 5.32 Å². The number of hydrogen-bond acceptors (Lipinski definition) is 4. The van der Waals surface area contributed by atoms with Crippen LogP contribution in [0.3, 0.4) is 0 Å². The van der Waals surface area contributed by atoms with E-state index in [0.717, 1.165) is 4.90 Å². The molecule has 2 aliphatic heterocycles. The van der Waals surface area contributed by atoms with Gasteiger partial charge in [-0.15, -0.1) is 4.90 Å². The van der Waals surface area contributed by atoms with E-state index in [0.29, 0.717) is 22.7 Å². The molecule has 4 rings (SSSR count). The molecule has 0 saturated carbocycles. The summed E-state index contributed by atoms with van der Waals surface area (Å²) in [5.74, 6) is -0.289. The summed E-state index contributed by atoms with van der Waals surface area (Å²) in [5, 5.41) is 2.51. The molecule has 0 fully saturated rings. The first kappa shape index (κ1) is 16.0. The number of rotatable bonds is 3. The van der Waals surface area contributed by atoms with Crippen LogP contribution in [0.1, 0.15) is 5.56 Å². The average Bonchev–Trinajstić information content (AvgIpc) is 3.06. The SMILES string of the molecule is CNC(=O)C[N+]1=C2c3ccccc3OC2C(=O)N(c2ccccc2)C1=O. The number of benzene rings is 2. The monoisotopic (exact) mass is 350 g/mol. The Kier molecular flexibility index (Phi) is 3.76. The predicted molar refractivity (Wildman–Crippen MR) is 93.5 cm³/mol. The third-order valence-corrected chi connectivity index (χ3v) is 4.41. The van der Waals surface area contributed by atoms with E-state index in [1.807, 2.05) is 0 Å². The molecule has 2 aliphatic rings. The van der Waals surface area contributed by atoms with Gasteiger partial charge >= 0.3 is 11.9 Å². The number of urea groups is 1. The molecule has 2 heterocycles. The number of nitrogens with one attached hydrogen (secondary N) is 1. The van der Waals surface area contributed by atoms with Gasteiger partial charge in [0.25, 0.3) is 12.0 Å². The Labute approximate surface area is 149 Å². The Hall–Kier alpha value is -3.48. The van der Waals surface area contributed by atoms with Crippen molar-refractivity contribution < 1.29 is 23.7 Å². The summed E-state index contributed by atoms with van der Waals surface area (Å²) in [6.45, 7) is -0.199. The Morgan fingerprint density at radius 3 is 2.54 bits per heavy atom. The second-order valence-electron chi connectivity index (χ2n) is 5.93. The summed E-state index contributed by atoms with van der Waals surface area (Å²) in [5.41, 5.74) is 1.49. The van der Waals surface area contributed by atoms with Crippen molar-refractivity contribution in [1.82, 2.24) is 5.32 Å². The average molecular weight is 350 g/mol. The van der Waals surface area contributed by atoms with Gasteiger partial charge in [0.15, 0.2) is 12.3 Å². The number of ether oxygens (including phenoxy) is 1. The fourth-order valence-electron chi connectivity index (χ4n) is 3.18. The first-order chi connectivity index (χ1) is 12.6. The lowest BCUT2D eigenvalue weighted by molar-refractivity contribution is -0.417. The minimum atomic E-state index is -0.963. The van der Waals surface area contributed by atoms with E-state index in [-0.39, 0.29) is 12.5 Å². The predicted octanol–water partition coefficient (Wildman–Crippen LogP) is 1.16. The van der Waals surface area contributed by atoms with Gasteiger partial charge in [0.05, 0.1) is 5.56 Å². The van der Waals surface area contributed by atoms with Gasteiger partial charge in [-0.05, 0) is 24.3 Å². The molecule has 0 aliphatic carbocycles. The topological polar surface area (TPSA) is 78.7 Å². The molecule has 0 saturated heterocycles. The van der Waals surface area contributed by atoms with Gasteiger partial charge in [0, 0.05) is 7.05 Å². The quantitative estimate of drug-likeness (QED) is 0.843. The van der Waals surface area contributed by atoms with E-state index in [1.54, 1.807) is 54.6 Å². The molecule has 1 unspecified atom stereocenters. The molecule has 2 aromatic carbocycles. The number of imide groups is 1. The van der Waals surface area contributed by atoms with Crippen LogP contribution in [0.2, 0.25) is 0 Å². The lowest BCUT2D eigenvalue weighted by Gasteiger charge is -2.23. The standard InChI is InChI=1S/C19H15N3O4/c1-20-15(23)11-21-16-13-9-5-6-10-14(13)26-17(16)18(24)22(19(21)25)12-7-3-2-4-8-12/h2-10,17H,11H2,1H3/p+1. The highest BCUT2D eigenvalue weighted by molar-refractivity contribution is 6.29. The molecule has 1 atom stereocenters. The fraction of sp³-hybridized carbons (Fsp3) is 0.158. The molecule has 0 aromatic heterocycles. The third-order valence-electron chi connectivity index (χ3n) is 4.41. The zero-order valence-corrected chi connectivity index (χ0v) is 14.0. The van der Waals surface area contributed by atoms with Crippen molar-refractivity contribution in [1.29, 1.82) is 0 Å². The van der Waals surface area contributed by atoms with Crippen LogP contribution in [-0.2, 0) is 9.59 Å². The fourth-order valence-corrected chi connectivity index (χ4v) is 3.18. The normalized spacial score (nSPS) is 18.3. The lowest BCUT2D eigenvalue weighted by Crippen LogP contribution is -2.59. The molecule has 4 amide bonds. The summed E-state index contributed by atoms with van der Waals surface area (Å²) >= 11 is 0. The molecule has 2 aromatic rings. The number of carbonyl (C=O) groups excluding carboxylic acids is 3. The van der Waals surface area contributed by atoms with Crippen LogP contribution in [0.4, 0.5) is 10.5 Å².